The fraction of sp³-hybridized carbons (Fsp3) is 0.0435. The van der Waals surface area contributed by atoms with Gasteiger partial charge in [0.15, 0.2) is 0 Å². The zero-order chi connectivity index (χ0) is 19.6. The lowest BCUT2D eigenvalue weighted by molar-refractivity contribution is -0.112. The summed E-state index contributed by atoms with van der Waals surface area (Å²) in [5.41, 5.74) is 1.77. The first kappa shape index (κ1) is 19.3. The van der Waals surface area contributed by atoms with E-state index in [4.69, 9.17) is 0 Å². The third-order valence-corrected chi connectivity index (χ3v) is 4.95. The Kier molecular flexibility index (Phi) is 6.89. The highest BCUT2D eigenvalue weighted by Gasteiger charge is 2.12. The van der Waals surface area contributed by atoms with Gasteiger partial charge in [-0.3, -0.25) is 4.79 Å². The van der Waals surface area contributed by atoms with Crippen molar-refractivity contribution in [2.45, 2.75) is 16.3 Å². The number of anilines is 1. The minimum atomic E-state index is -0.441. The number of rotatable bonds is 7. The molecule has 2 N–H and O–H groups in total. The number of benzene rings is 3. The predicted molar refractivity (Wildman–Crippen MR) is 113 cm³/mol. The number of hydrogen-bond donors (Lipinski definition) is 2. The standard InChI is InChI=1S/C23H19N3OS/c24-15-19(17-25-16-18-9-3-1-4-10-18)23(27)26-21-13-7-8-14-22(21)28-20-11-5-2-6-12-20/h1-14,17,25H,16H2,(H,26,27)/b19-17-. The van der Waals surface area contributed by atoms with E-state index in [0.29, 0.717) is 12.2 Å². The summed E-state index contributed by atoms with van der Waals surface area (Å²) in [4.78, 5) is 14.5. The van der Waals surface area contributed by atoms with Crippen LogP contribution in [-0.2, 0) is 11.3 Å². The van der Waals surface area contributed by atoms with Gasteiger partial charge in [-0.15, -0.1) is 0 Å². The highest BCUT2D eigenvalue weighted by atomic mass is 32.2. The van der Waals surface area contributed by atoms with E-state index in [0.717, 1.165) is 15.4 Å². The molecule has 0 radical (unpaired) electrons. The van der Waals surface area contributed by atoms with Crippen molar-refractivity contribution in [3.8, 4) is 6.07 Å². The molecule has 0 atom stereocenters. The summed E-state index contributed by atoms with van der Waals surface area (Å²) in [7, 11) is 0. The van der Waals surface area contributed by atoms with E-state index < -0.39 is 5.91 Å². The van der Waals surface area contributed by atoms with Gasteiger partial charge in [0.2, 0.25) is 0 Å². The second kappa shape index (κ2) is 10.0. The van der Waals surface area contributed by atoms with E-state index in [1.165, 1.54) is 6.20 Å². The summed E-state index contributed by atoms with van der Waals surface area (Å²) < 4.78 is 0. The molecule has 0 aliphatic rings. The second-order valence-electron chi connectivity index (χ2n) is 5.90. The number of carbonyl (C=O) groups excluding carboxylic acids is 1. The molecule has 3 aromatic carbocycles. The molecule has 5 heteroatoms. The van der Waals surface area contributed by atoms with Crippen molar-refractivity contribution in [1.82, 2.24) is 5.32 Å². The van der Waals surface area contributed by atoms with Crippen molar-refractivity contribution in [3.63, 3.8) is 0 Å². The molecule has 0 spiro atoms. The van der Waals surface area contributed by atoms with Crippen molar-refractivity contribution >= 4 is 23.4 Å². The molecule has 0 bridgehead atoms. The maximum Gasteiger partial charge on any atom is 0.267 e. The molecule has 0 aromatic heterocycles. The van der Waals surface area contributed by atoms with Crippen LogP contribution in [0.1, 0.15) is 5.56 Å². The molecular weight excluding hydrogens is 366 g/mol. The van der Waals surface area contributed by atoms with Crippen LogP contribution in [0.15, 0.2) is 106 Å². The lowest BCUT2D eigenvalue weighted by Crippen LogP contribution is -2.17. The van der Waals surface area contributed by atoms with Gasteiger partial charge < -0.3 is 10.6 Å². The summed E-state index contributed by atoms with van der Waals surface area (Å²) in [5.74, 6) is -0.441. The molecule has 4 nitrogen and oxygen atoms in total. The van der Waals surface area contributed by atoms with Crippen LogP contribution in [0.25, 0.3) is 0 Å². The SMILES string of the molecule is N#C/C(=C/NCc1ccccc1)C(=O)Nc1ccccc1Sc1ccccc1. The summed E-state index contributed by atoms with van der Waals surface area (Å²) in [5, 5.41) is 15.2. The number of para-hydroxylation sites is 1. The van der Waals surface area contributed by atoms with Crippen LogP contribution in [0.3, 0.4) is 0 Å². The molecular formula is C23H19N3OS. The van der Waals surface area contributed by atoms with Crippen LogP contribution in [0.2, 0.25) is 0 Å². The lowest BCUT2D eigenvalue weighted by Gasteiger charge is -2.10. The highest BCUT2D eigenvalue weighted by Crippen LogP contribution is 2.33. The van der Waals surface area contributed by atoms with Gasteiger partial charge >= 0.3 is 0 Å². The molecule has 0 saturated carbocycles. The summed E-state index contributed by atoms with van der Waals surface area (Å²) in [6.07, 6.45) is 1.45. The molecule has 0 unspecified atom stereocenters. The highest BCUT2D eigenvalue weighted by molar-refractivity contribution is 7.99. The molecule has 3 aromatic rings. The number of hydrogen-bond acceptors (Lipinski definition) is 4. The monoisotopic (exact) mass is 385 g/mol. The van der Waals surface area contributed by atoms with E-state index in [2.05, 4.69) is 10.6 Å². The maximum absolute atomic E-state index is 12.5. The van der Waals surface area contributed by atoms with Crippen molar-refractivity contribution in [1.29, 1.82) is 5.26 Å². The Morgan fingerprint density at radius 1 is 0.929 bits per heavy atom. The normalized spacial score (nSPS) is 10.8. The minimum Gasteiger partial charge on any atom is -0.386 e. The largest absolute Gasteiger partial charge is 0.386 e. The van der Waals surface area contributed by atoms with Gasteiger partial charge in [-0.1, -0.05) is 72.4 Å². The zero-order valence-corrected chi connectivity index (χ0v) is 15.9. The number of nitriles is 1. The van der Waals surface area contributed by atoms with Crippen LogP contribution >= 0.6 is 11.8 Å². The fourth-order valence-electron chi connectivity index (χ4n) is 2.48. The number of nitrogens with zero attached hydrogens (tertiary/aromatic N) is 1. The Morgan fingerprint density at radius 2 is 1.57 bits per heavy atom. The minimum absolute atomic E-state index is 0.0236. The van der Waals surface area contributed by atoms with Gasteiger partial charge in [0, 0.05) is 22.5 Å². The van der Waals surface area contributed by atoms with Gasteiger partial charge in [0.25, 0.3) is 5.91 Å². The second-order valence-corrected chi connectivity index (χ2v) is 7.02. The van der Waals surface area contributed by atoms with Crippen LogP contribution in [0.5, 0.6) is 0 Å². The molecule has 0 aliphatic carbocycles. The Morgan fingerprint density at radius 3 is 2.29 bits per heavy atom. The predicted octanol–water partition coefficient (Wildman–Crippen LogP) is 4.97. The van der Waals surface area contributed by atoms with Crippen LogP contribution < -0.4 is 10.6 Å². The van der Waals surface area contributed by atoms with Gasteiger partial charge in [-0.25, -0.2) is 0 Å². The number of amides is 1. The molecule has 3 rings (SSSR count). The zero-order valence-electron chi connectivity index (χ0n) is 15.1. The topological polar surface area (TPSA) is 64.9 Å². The Labute approximate surface area is 168 Å². The Hall–Kier alpha value is -3.49. The maximum atomic E-state index is 12.5. The lowest BCUT2D eigenvalue weighted by atomic mass is 10.2. The molecule has 1 amide bonds. The van der Waals surface area contributed by atoms with Crippen molar-refractivity contribution in [2.75, 3.05) is 5.32 Å². The average Bonchev–Trinajstić information content (AvgIpc) is 2.74. The summed E-state index contributed by atoms with van der Waals surface area (Å²) in [6, 6.07) is 29.2. The van der Waals surface area contributed by atoms with Gasteiger partial charge in [-0.2, -0.15) is 5.26 Å². The van der Waals surface area contributed by atoms with Crippen LogP contribution in [0.4, 0.5) is 5.69 Å². The van der Waals surface area contributed by atoms with E-state index in [1.54, 1.807) is 11.8 Å². The van der Waals surface area contributed by atoms with Crippen LogP contribution in [-0.4, -0.2) is 5.91 Å². The molecule has 0 saturated heterocycles. The Bertz CT molecular complexity index is 995. The fourth-order valence-corrected chi connectivity index (χ4v) is 3.40. The van der Waals surface area contributed by atoms with E-state index in [9.17, 15) is 10.1 Å². The quantitative estimate of drug-likeness (QED) is 0.445. The number of carbonyl (C=O) groups is 1. The third kappa shape index (κ3) is 5.50. The molecule has 0 aliphatic heterocycles. The van der Waals surface area contributed by atoms with Crippen molar-refractivity contribution in [2.24, 2.45) is 0 Å². The smallest absolute Gasteiger partial charge is 0.267 e. The molecule has 0 fully saturated rings. The molecule has 138 valence electrons. The van der Waals surface area contributed by atoms with Crippen LogP contribution in [0, 0.1) is 11.3 Å². The Balaban J connectivity index is 1.67. The van der Waals surface area contributed by atoms with E-state index in [-0.39, 0.29) is 5.57 Å². The van der Waals surface area contributed by atoms with Crippen molar-refractivity contribution < 1.29 is 4.79 Å². The molecule has 0 heterocycles. The van der Waals surface area contributed by atoms with Gasteiger partial charge in [0.05, 0.1) is 5.69 Å². The van der Waals surface area contributed by atoms with E-state index >= 15 is 0 Å². The number of nitrogens with one attached hydrogen (secondary N) is 2. The van der Waals surface area contributed by atoms with Gasteiger partial charge in [0.1, 0.15) is 11.6 Å². The van der Waals surface area contributed by atoms with E-state index in [1.807, 2.05) is 91.0 Å². The third-order valence-electron chi connectivity index (χ3n) is 3.87. The van der Waals surface area contributed by atoms with Gasteiger partial charge in [-0.05, 0) is 29.8 Å². The summed E-state index contributed by atoms with van der Waals surface area (Å²) >= 11 is 1.56. The summed E-state index contributed by atoms with van der Waals surface area (Å²) in [6.45, 7) is 0.541. The first-order valence-electron chi connectivity index (χ1n) is 8.77. The first-order valence-corrected chi connectivity index (χ1v) is 9.59. The average molecular weight is 385 g/mol. The molecule has 28 heavy (non-hydrogen) atoms. The van der Waals surface area contributed by atoms with Crippen molar-refractivity contribution in [3.05, 3.63) is 102 Å². The first-order chi connectivity index (χ1) is 13.8.